The molecule has 0 aromatic heterocycles. The van der Waals surface area contributed by atoms with Gasteiger partial charge in [0.2, 0.25) is 0 Å². The molecular weight excluding hydrogens is 232 g/mol. The Kier molecular flexibility index (Phi) is 7.11. The van der Waals surface area contributed by atoms with E-state index in [4.69, 9.17) is 0 Å². The molecule has 0 heterocycles. The smallest absolute Gasteiger partial charge is 0.0294 e. The van der Waals surface area contributed by atoms with Gasteiger partial charge in [0.15, 0.2) is 0 Å². The van der Waals surface area contributed by atoms with Crippen molar-refractivity contribution in [2.45, 2.75) is 52.6 Å². The average Bonchev–Trinajstić information content (AvgIpc) is 2.38. The highest BCUT2D eigenvalue weighted by molar-refractivity contribution is 5.28. The highest BCUT2D eigenvalue weighted by Crippen LogP contribution is 2.16. The summed E-state index contributed by atoms with van der Waals surface area (Å²) in [6, 6.07) is 9.73. The third kappa shape index (κ3) is 5.75. The summed E-state index contributed by atoms with van der Waals surface area (Å²) in [7, 11) is 2.20. The maximum atomic E-state index is 3.62. The Morgan fingerprint density at radius 1 is 1.11 bits per heavy atom. The number of rotatable bonds is 8. The van der Waals surface area contributed by atoms with E-state index in [1.54, 1.807) is 0 Å². The summed E-state index contributed by atoms with van der Waals surface area (Å²) < 4.78 is 0. The Bertz CT molecular complexity index is 360. The van der Waals surface area contributed by atoms with Crippen LogP contribution in [0, 0.1) is 6.92 Å². The summed E-state index contributed by atoms with van der Waals surface area (Å²) in [5, 5.41) is 3.62. The van der Waals surface area contributed by atoms with Gasteiger partial charge in [0.25, 0.3) is 0 Å². The standard InChI is InChI=1S/C17H30N2/c1-14(2)19(5)13-9-8-12-18-16(4)17-11-7-6-10-15(17)3/h6-7,10-11,14,16,18H,8-9,12-13H2,1-5H3. The van der Waals surface area contributed by atoms with Crippen molar-refractivity contribution in [2.24, 2.45) is 0 Å². The fourth-order valence-corrected chi connectivity index (χ4v) is 2.25. The predicted molar refractivity (Wildman–Crippen MR) is 84.6 cm³/mol. The number of nitrogens with one attached hydrogen (secondary N) is 1. The highest BCUT2D eigenvalue weighted by Gasteiger charge is 2.07. The lowest BCUT2D eigenvalue weighted by Crippen LogP contribution is -2.28. The Morgan fingerprint density at radius 3 is 2.42 bits per heavy atom. The lowest BCUT2D eigenvalue weighted by atomic mass is 10.0. The molecule has 0 aliphatic carbocycles. The first-order valence-corrected chi connectivity index (χ1v) is 7.51. The zero-order chi connectivity index (χ0) is 14.3. The molecule has 0 aliphatic rings. The van der Waals surface area contributed by atoms with E-state index in [0.29, 0.717) is 12.1 Å². The number of benzene rings is 1. The molecule has 1 aromatic carbocycles. The topological polar surface area (TPSA) is 15.3 Å². The molecule has 1 N–H and O–H groups in total. The van der Waals surface area contributed by atoms with E-state index in [1.165, 1.54) is 30.5 Å². The van der Waals surface area contributed by atoms with Crippen molar-refractivity contribution in [1.29, 1.82) is 0 Å². The SMILES string of the molecule is Cc1ccccc1C(C)NCCCCN(C)C(C)C. The van der Waals surface area contributed by atoms with Gasteiger partial charge in [0.05, 0.1) is 0 Å². The Hall–Kier alpha value is -0.860. The largest absolute Gasteiger partial charge is 0.310 e. The summed E-state index contributed by atoms with van der Waals surface area (Å²) in [4.78, 5) is 2.41. The van der Waals surface area contributed by atoms with Gasteiger partial charge >= 0.3 is 0 Å². The minimum Gasteiger partial charge on any atom is -0.310 e. The molecule has 1 unspecified atom stereocenters. The van der Waals surface area contributed by atoms with Crippen molar-refractivity contribution in [2.75, 3.05) is 20.1 Å². The van der Waals surface area contributed by atoms with Crippen LogP contribution in [-0.4, -0.2) is 31.1 Å². The molecule has 1 rings (SSSR count). The van der Waals surface area contributed by atoms with Crippen molar-refractivity contribution in [3.05, 3.63) is 35.4 Å². The van der Waals surface area contributed by atoms with Crippen molar-refractivity contribution < 1.29 is 0 Å². The molecule has 0 spiro atoms. The van der Waals surface area contributed by atoms with E-state index in [2.05, 4.69) is 69.2 Å². The van der Waals surface area contributed by atoms with Gasteiger partial charge in [-0.2, -0.15) is 0 Å². The maximum absolute atomic E-state index is 3.62. The van der Waals surface area contributed by atoms with Gasteiger partial charge in [-0.15, -0.1) is 0 Å². The summed E-state index contributed by atoms with van der Waals surface area (Å²) >= 11 is 0. The van der Waals surface area contributed by atoms with Crippen LogP contribution in [0.5, 0.6) is 0 Å². The van der Waals surface area contributed by atoms with Crippen molar-refractivity contribution >= 4 is 0 Å². The number of unbranched alkanes of at least 4 members (excludes halogenated alkanes) is 1. The summed E-state index contributed by atoms with van der Waals surface area (Å²) in [6.45, 7) is 11.2. The molecular formula is C17H30N2. The first-order valence-electron chi connectivity index (χ1n) is 7.51. The number of hydrogen-bond donors (Lipinski definition) is 1. The predicted octanol–water partition coefficient (Wildman–Crippen LogP) is 3.77. The molecule has 2 heteroatoms. The second-order valence-electron chi connectivity index (χ2n) is 5.81. The lowest BCUT2D eigenvalue weighted by molar-refractivity contribution is 0.267. The van der Waals surface area contributed by atoms with Crippen LogP contribution in [0.3, 0.4) is 0 Å². The second kappa shape index (κ2) is 8.34. The molecule has 1 atom stereocenters. The number of nitrogens with zero attached hydrogens (tertiary/aromatic N) is 1. The fraction of sp³-hybridized carbons (Fsp3) is 0.647. The summed E-state index contributed by atoms with van der Waals surface area (Å²) in [5.41, 5.74) is 2.80. The third-order valence-corrected chi connectivity index (χ3v) is 3.92. The highest BCUT2D eigenvalue weighted by atomic mass is 15.1. The third-order valence-electron chi connectivity index (χ3n) is 3.92. The molecule has 0 saturated carbocycles. The van der Waals surface area contributed by atoms with Crippen molar-refractivity contribution in [1.82, 2.24) is 10.2 Å². The molecule has 0 aliphatic heterocycles. The summed E-state index contributed by atoms with van der Waals surface area (Å²) in [6.07, 6.45) is 2.51. The molecule has 0 fully saturated rings. The van der Waals surface area contributed by atoms with E-state index < -0.39 is 0 Å². The van der Waals surface area contributed by atoms with Crippen LogP contribution < -0.4 is 5.32 Å². The van der Waals surface area contributed by atoms with E-state index in [9.17, 15) is 0 Å². The van der Waals surface area contributed by atoms with Gasteiger partial charge < -0.3 is 10.2 Å². The average molecular weight is 262 g/mol. The quantitative estimate of drug-likeness (QED) is 0.718. The normalized spacial score (nSPS) is 13.2. The molecule has 108 valence electrons. The lowest BCUT2D eigenvalue weighted by Gasteiger charge is -2.21. The minimum absolute atomic E-state index is 0.448. The van der Waals surface area contributed by atoms with Crippen LogP contribution in [0.25, 0.3) is 0 Å². The van der Waals surface area contributed by atoms with E-state index in [0.717, 1.165) is 6.54 Å². The Labute approximate surface area is 119 Å². The first kappa shape index (κ1) is 16.2. The van der Waals surface area contributed by atoms with E-state index in [-0.39, 0.29) is 0 Å². The Balaban J connectivity index is 2.21. The molecule has 1 aromatic rings. The molecule has 2 nitrogen and oxygen atoms in total. The van der Waals surface area contributed by atoms with E-state index >= 15 is 0 Å². The van der Waals surface area contributed by atoms with Gasteiger partial charge in [-0.3, -0.25) is 0 Å². The first-order chi connectivity index (χ1) is 9.02. The van der Waals surface area contributed by atoms with Gasteiger partial charge in [-0.1, -0.05) is 24.3 Å². The monoisotopic (exact) mass is 262 g/mol. The molecule has 0 amide bonds. The van der Waals surface area contributed by atoms with E-state index in [1.807, 2.05) is 0 Å². The molecule has 0 radical (unpaired) electrons. The molecule has 19 heavy (non-hydrogen) atoms. The van der Waals surface area contributed by atoms with Gasteiger partial charge in [0, 0.05) is 12.1 Å². The van der Waals surface area contributed by atoms with Crippen LogP contribution in [-0.2, 0) is 0 Å². The van der Waals surface area contributed by atoms with Crippen molar-refractivity contribution in [3.8, 4) is 0 Å². The molecule has 0 saturated heterocycles. The fourth-order valence-electron chi connectivity index (χ4n) is 2.25. The zero-order valence-electron chi connectivity index (χ0n) is 13.2. The van der Waals surface area contributed by atoms with Gasteiger partial charge in [-0.25, -0.2) is 0 Å². The minimum atomic E-state index is 0.448. The summed E-state index contributed by atoms with van der Waals surface area (Å²) in [5.74, 6) is 0. The van der Waals surface area contributed by atoms with Crippen LogP contribution in [0.4, 0.5) is 0 Å². The maximum Gasteiger partial charge on any atom is 0.0294 e. The number of hydrogen-bond acceptors (Lipinski definition) is 2. The van der Waals surface area contributed by atoms with Crippen LogP contribution in [0.1, 0.15) is 50.8 Å². The zero-order valence-corrected chi connectivity index (χ0v) is 13.2. The van der Waals surface area contributed by atoms with Gasteiger partial charge in [-0.05, 0) is 71.8 Å². The second-order valence-corrected chi connectivity index (χ2v) is 5.81. The van der Waals surface area contributed by atoms with Crippen LogP contribution in [0.15, 0.2) is 24.3 Å². The van der Waals surface area contributed by atoms with Gasteiger partial charge in [0.1, 0.15) is 0 Å². The van der Waals surface area contributed by atoms with Crippen molar-refractivity contribution in [3.63, 3.8) is 0 Å². The van der Waals surface area contributed by atoms with Crippen LogP contribution >= 0.6 is 0 Å². The number of aryl methyl sites for hydroxylation is 1. The van der Waals surface area contributed by atoms with Crippen LogP contribution in [0.2, 0.25) is 0 Å². The molecule has 0 bridgehead atoms. The Morgan fingerprint density at radius 2 is 1.79 bits per heavy atom.